The zero-order valence-corrected chi connectivity index (χ0v) is 18.7. The van der Waals surface area contributed by atoms with Gasteiger partial charge in [-0.2, -0.15) is 4.99 Å². The van der Waals surface area contributed by atoms with E-state index in [9.17, 15) is 0 Å². The minimum absolute atomic E-state index is 0.388. The van der Waals surface area contributed by atoms with Crippen LogP contribution < -0.4 is 10.3 Å². The Morgan fingerprint density at radius 3 is 2.35 bits per heavy atom. The van der Waals surface area contributed by atoms with Gasteiger partial charge >= 0.3 is 0 Å². The summed E-state index contributed by atoms with van der Waals surface area (Å²) in [5.41, 5.74) is 9.10. The molecule has 0 amide bonds. The quantitative estimate of drug-likeness (QED) is 0.740. The van der Waals surface area contributed by atoms with Crippen LogP contribution in [0, 0.1) is 0 Å². The van der Waals surface area contributed by atoms with Gasteiger partial charge in [0.2, 0.25) is 0 Å². The zero-order chi connectivity index (χ0) is 22.9. The minimum atomic E-state index is 0.388. The van der Waals surface area contributed by atoms with Crippen LogP contribution in [-0.2, 0) is 0 Å². The van der Waals surface area contributed by atoms with E-state index in [2.05, 4.69) is 17.5 Å². The number of para-hydroxylation sites is 1. The summed E-state index contributed by atoms with van der Waals surface area (Å²) in [6.45, 7) is 2.17. The summed E-state index contributed by atoms with van der Waals surface area (Å²) in [6, 6.07) is 9.97. The van der Waals surface area contributed by atoms with Gasteiger partial charge in [-0.25, -0.2) is 20.0 Å². The highest BCUT2D eigenvalue weighted by Crippen LogP contribution is 2.25. The smallest absolute Gasteiger partial charge is 0.256 e. The Kier molecular flexibility index (Phi) is 5.03. The number of nitrogens with zero attached hydrogens (tertiary/aromatic N) is 7. The van der Waals surface area contributed by atoms with E-state index in [0.717, 1.165) is 65.0 Å². The number of fused-ring (bicyclic) bond motifs is 5. The van der Waals surface area contributed by atoms with Gasteiger partial charge in [0.1, 0.15) is 5.82 Å². The topological polar surface area (TPSA) is 89.4 Å². The lowest BCUT2D eigenvalue weighted by Crippen LogP contribution is -2.27. The maximum absolute atomic E-state index is 4.75. The first-order valence-electron chi connectivity index (χ1n) is 11.4. The summed E-state index contributed by atoms with van der Waals surface area (Å²) in [5, 5.41) is 4.48. The molecule has 8 nitrogen and oxygen atoms in total. The first-order valence-corrected chi connectivity index (χ1v) is 11.4. The summed E-state index contributed by atoms with van der Waals surface area (Å²) in [6.07, 6.45) is 16.8. The Bertz CT molecular complexity index is 1390. The molecule has 0 fully saturated rings. The number of anilines is 1. The maximum Gasteiger partial charge on any atom is 0.256 e. The Hall–Kier alpha value is -4.46. The highest BCUT2D eigenvalue weighted by molar-refractivity contribution is 6.52. The van der Waals surface area contributed by atoms with E-state index in [0.29, 0.717) is 11.9 Å². The molecule has 0 atom stereocenters. The van der Waals surface area contributed by atoms with Crippen molar-refractivity contribution in [3.8, 4) is 0 Å². The molecule has 6 rings (SSSR count). The van der Waals surface area contributed by atoms with Crippen LogP contribution >= 0.6 is 0 Å². The van der Waals surface area contributed by atoms with Crippen molar-refractivity contribution < 1.29 is 0 Å². The fourth-order valence-corrected chi connectivity index (χ4v) is 4.02. The molecule has 166 valence electrons. The number of hydrogen-bond acceptors (Lipinski definition) is 8. The van der Waals surface area contributed by atoms with Crippen molar-refractivity contribution in [1.82, 2.24) is 5.43 Å². The average molecular weight is 447 g/mol. The molecule has 5 heterocycles. The third kappa shape index (κ3) is 3.90. The van der Waals surface area contributed by atoms with E-state index < -0.39 is 0 Å². The van der Waals surface area contributed by atoms with Crippen LogP contribution in [0.5, 0.6) is 0 Å². The number of guanidine groups is 2. The molecule has 1 aromatic carbocycles. The number of hydrogen-bond donors (Lipinski definition) is 1. The van der Waals surface area contributed by atoms with E-state index in [1.54, 1.807) is 0 Å². The van der Waals surface area contributed by atoms with Crippen molar-refractivity contribution in [3.05, 3.63) is 90.1 Å². The highest BCUT2D eigenvalue weighted by Gasteiger charge is 2.27. The fraction of sp³-hybridized carbons (Fsp3) is 0.154. The zero-order valence-electron chi connectivity index (χ0n) is 18.7. The van der Waals surface area contributed by atoms with Crippen LogP contribution in [0.15, 0.2) is 120 Å². The molecular formula is C26H22N8. The maximum atomic E-state index is 4.75. The van der Waals surface area contributed by atoms with E-state index >= 15 is 0 Å². The van der Waals surface area contributed by atoms with Crippen LogP contribution in [0.4, 0.5) is 5.69 Å². The largest absolute Gasteiger partial charge is 0.262 e. The van der Waals surface area contributed by atoms with E-state index in [-0.39, 0.29) is 0 Å². The molecule has 0 aliphatic carbocycles. The molecule has 0 aromatic heterocycles. The molecule has 1 aromatic rings. The molecule has 1 N–H and O–H groups in total. The molecule has 5 aliphatic rings. The van der Waals surface area contributed by atoms with Gasteiger partial charge in [-0.3, -0.25) is 10.3 Å². The lowest BCUT2D eigenvalue weighted by molar-refractivity contribution is 0.839. The summed E-state index contributed by atoms with van der Waals surface area (Å²) in [7, 11) is 0. The van der Waals surface area contributed by atoms with Gasteiger partial charge in [-0.15, -0.1) is 5.10 Å². The normalized spacial score (nSPS) is 20.0. The van der Waals surface area contributed by atoms with Crippen LogP contribution in [0.25, 0.3) is 0 Å². The second-order valence-corrected chi connectivity index (χ2v) is 8.17. The molecule has 5 aliphatic heterocycles. The molecule has 0 saturated heterocycles. The summed E-state index contributed by atoms with van der Waals surface area (Å²) in [5.74, 6) is 1.61. The summed E-state index contributed by atoms with van der Waals surface area (Å²) in [4.78, 5) is 25.6. The van der Waals surface area contributed by atoms with Crippen LogP contribution in [0.1, 0.15) is 26.2 Å². The third-order valence-corrected chi connectivity index (χ3v) is 5.68. The molecule has 8 heteroatoms. The Morgan fingerprint density at radius 2 is 1.56 bits per heavy atom. The van der Waals surface area contributed by atoms with Crippen molar-refractivity contribution in [3.63, 3.8) is 0 Å². The molecule has 34 heavy (non-hydrogen) atoms. The van der Waals surface area contributed by atoms with Gasteiger partial charge in [-0.1, -0.05) is 31.5 Å². The second kappa shape index (κ2) is 8.47. The molecule has 0 radical (unpaired) electrons. The Morgan fingerprint density at radius 1 is 0.794 bits per heavy atom. The van der Waals surface area contributed by atoms with Crippen molar-refractivity contribution in [2.45, 2.75) is 26.2 Å². The lowest BCUT2D eigenvalue weighted by Gasteiger charge is -2.18. The molecule has 0 spiro atoms. The molecule has 0 saturated carbocycles. The molecule has 8 bridgehead atoms. The van der Waals surface area contributed by atoms with Gasteiger partial charge in [-0.05, 0) is 61.4 Å². The summed E-state index contributed by atoms with van der Waals surface area (Å²) >= 11 is 0. The van der Waals surface area contributed by atoms with Gasteiger partial charge in [0.25, 0.3) is 11.9 Å². The van der Waals surface area contributed by atoms with Crippen LogP contribution in [0.2, 0.25) is 0 Å². The van der Waals surface area contributed by atoms with Crippen molar-refractivity contribution in [2.24, 2.45) is 30.1 Å². The number of allylic oxidation sites excluding steroid dienone is 7. The van der Waals surface area contributed by atoms with Crippen LogP contribution in [-0.4, -0.2) is 34.8 Å². The van der Waals surface area contributed by atoms with E-state index in [1.165, 1.54) is 0 Å². The molecular weight excluding hydrogens is 424 g/mol. The fourth-order valence-electron chi connectivity index (χ4n) is 4.02. The number of nitrogens with one attached hydrogen (secondary N) is 1. The van der Waals surface area contributed by atoms with Gasteiger partial charge in [0.05, 0.1) is 39.9 Å². The standard InChI is InChI=1S/C26H22N8/c1-2-3-9-22-23-15-19-12-10-17(27-19)14-18-11-13-20(28-18)16-24-32-33-26(31-25(29-22)30-23)34(24)21-7-5-4-6-8-21/h4-8,10-16,32H,2-3,9H2,1H3. The monoisotopic (exact) mass is 446 g/mol. The lowest BCUT2D eigenvalue weighted by atomic mass is 10.1. The molecule has 0 unspecified atom stereocenters. The Labute approximate surface area is 197 Å². The number of unbranched alkanes of at least 4 members (excludes halogenated alkanes) is 1. The van der Waals surface area contributed by atoms with Gasteiger partial charge in [0.15, 0.2) is 0 Å². The first-order chi connectivity index (χ1) is 16.7. The van der Waals surface area contributed by atoms with E-state index in [1.807, 2.05) is 77.8 Å². The summed E-state index contributed by atoms with van der Waals surface area (Å²) < 4.78 is 0. The number of aliphatic imine (C=N–C) groups is 5. The number of rotatable bonds is 4. The van der Waals surface area contributed by atoms with Crippen molar-refractivity contribution in [1.29, 1.82) is 0 Å². The van der Waals surface area contributed by atoms with Crippen molar-refractivity contribution >= 4 is 40.5 Å². The number of benzene rings is 1. The van der Waals surface area contributed by atoms with Crippen molar-refractivity contribution in [2.75, 3.05) is 4.90 Å². The highest BCUT2D eigenvalue weighted by atomic mass is 15.5. The average Bonchev–Trinajstić information content (AvgIpc) is 3.63. The minimum Gasteiger partial charge on any atom is -0.262 e. The SMILES string of the molecule is CCCCC1=NC2=NC3=NNC(=CC4=NC(=CC5=NC(=CC1=N2)C=C5)C=C4)N3c1ccccc1. The predicted molar refractivity (Wildman–Crippen MR) is 139 cm³/mol. The van der Waals surface area contributed by atoms with Gasteiger partial charge < -0.3 is 0 Å². The predicted octanol–water partition coefficient (Wildman–Crippen LogP) is 4.45. The van der Waals surface area contributed by atoms with E-state index in [4.69, 9.17) is 25.0 Å². The Balaban J connectivity index is 1.50. The first kappa shape index (κ1) is 20.2. The van der Waals surface area contributed by atoms with Gasteiger partial charge in [0, 0.05) is 6.08 Å². The second-order valence-electron chi connectivity index (χ2n) is 8.17. The van der Waals surface area contributed by atoms with Crippen LogP contribution in [0.3, 0.4) is 0 Å². The number of hydrazone groups is 1. The third-order valence-electron chi connectivity index (χ3n) is 5.68.